The van der Waals surface area contributed by atoms with Crippen LogP contribution in [0.4, 0.5) is 0 Å². The van der Waals surface area contributed by atoms with Crippen LogP contribution in [-0.2, 0) is 28.6 Å². The van der Waals surface area contributed by atoms with Crippen LogP contribution in [-0.4, -0.2) is 37.2 Å². The molecule has 0 rings (SSSR count). The molecule has 0 radical (unpaired) electrons. The van der Waals surface area contributed by atoms with E-state index in [0.717, 1.165) is 89.9 Å². The lowest BCUT2D eigenvalue weighted by atomic mass is 10.1. The van der Waals surface area contributed by atoms with Gasteiger partial charge in [-0.1, -0.05) is 236 Å². The van der Waals surface area contributed by atoms with Crippen molar-refractivity contribution in [3.63, 3.8) is 0 Å². The second kappa shape index (κ2) is 53.7. The molecule has 0 saturated heterocycles. The van der Waals surface area contributed by atoms with Crippen LogP contribution in [0.1, 0.15) is 278 Å². The Morgan fingerprint density at radius 1 is 0.323 bits per heavy atom. The van der Waals surface area contributed by atoms with Gasteiger partial charge in [-0.2, -0.15) is 0 Å². The number of ether oxygens (including phenoxy) is 3. The predicted molar refractivity (Wildman–Crippen MR) is 279 cm³/mol. The van der Waals surface area contributed by atoms with Crippen molar-refractivity contribution in [2.45, 2.75) is 284 Å². The molecule has 0 saturated carbocycles. The molecule has 0 aliphatic heterocycles. The fraction of sp³-hybridized carbons (Fsp3) is 0.780. The van der Waals surface area contributed by atoms with Gasteiger partial charge in [-0.3, -0.25) is 14.4 Å². The molecule has 0 bridgehead atoms. The van der Waals surface area contributed by atoms with Crippen molar-refractivity contribution >= 4 is 17.9 Å². The summed E-state index contributed by atoms with van der Waals surface area (Å²) in [5.41, 5.74) is 0. The molecule has 376 valence electrons. The molecule has 0 aliphatic carbocycles. The van der Waals surface area contributed by atoms with Crippen molar-refractivity contribution in [1.82, 2.24) is 0 Å². The van der Waals surface area contributed by atoms with Crippen LogP contribution in [0, 0.1) is 0 Å². The van der Waals surface area contributed by atoms with Gasteiger partial charge in [0.15, 0.2) is 6.10 Å². The molecule has 0 fully saturated rings. The molecule has 0 heterocycles. The Morgan fingerprint density at radius 2 is 0.600 bits per heavy atom. The second-order valence-electron chi connectivity index (χ2n) is 18.5. The highest BCUT2D eigenvalue weighted by Crippen LogP contribution is 2.15. The highest BCUT2D eigenvalue weighted by atomic mass is 16.6. The maximum atomic E-state index is 12.8. The fourth-order valence-electron chi connectivity index (χ4n) is 7.84. The van der Waals surface area contributed by atoms with E-state index in [-0.39, 0.29) is 31.1 Å². The standard InChI is InChI=1S/C59H104O6/c1-4-7-10-13-16-19-22-24-26-28-29-31-32-34-37-40-43-46-49-52-58(61)64-55-56(54-63-57(60)51-48-45-42-39-36-21-18-15-12-9-6-3)65-59(62)53-50-47-44-41-38-35-33-30-27-25-23-20-17-14-11-8-5-2/h8,11,16-17,19-20,24-27,56H,4-7,9-10,12-15,18,21-23,28-55H2,1-3H3/b11-8-,19-16-,20-17-,26-24-,27-25-. The van der Waals surface area contributed by atoms with E-state index in [2.05, 4.69) is 81.5 Å². The minimum atomic E-state index is -0.779. The lowest BCUT2D eigenvalue weighted by Crippen LogP contribution is -2.30. The zero-order valence-corrected chi connectivity index (χ0v) is 43.0. The summed E-state index contributed by atoms with van der Waals surface area (Å²) in [6.45, 7) is 6.51. The lowest BCUT2D eigenvalue weighted by Gasteiger charge is -2.18. The first-order valence-electron chi connectivity index (χ1n) is 27.8. The SMILES string of the molecule is CC/C=C\C/C=C\C/C=C\CCCCCCCCCC(=O)OC(COC(=O)CCCCCCCCCCC/C=C\C/C=C\CCCCC)COC(=O)CCCCCCCCCCCCC. The summed E-state index contributed by atoms with van der Waals surface area (Å²) >= 11 is 0. The summed E-state index contributed by atoms with van der Waals surface area (Å²) in [5, 5.41) is 0. The fourth-order valence-corrected chi connectivity index (χ4v) is 7.84. The Balaban J connectivity index is 4.34. The number of rotatable bonds is 50. The highest BCUT2D eigenvalue weighted by Gasteiger charge is 2.19. The summed E-state index contributed by atoms with van der Waals surface area (Å²) in [6.07, 6.45) is 66.3. The zero-order valence-electron chi connectivity index (χ0n) is 43.0. The van der Waals surface area contributed by atoms with Crippen LogP contribution in [0.2, 0.25) is 0 Å². The molecule has 0 N–H and O–H groups in total. The molecule has 0 aromatic rings. The summed E-state index contributed by atoms with van der Waals surface area (Å²) in [4.78, 5) is 38.1. The van der Waals surface area contributed by atoms with Gasteiger partial charge in [0.25, 0.3) is 0 Å². The molecule has 0 aromatic carbocycles. The molecule has 6 heteroatoms. The number of allylic oxidation sites excluding steroid dienone is 10. The van der Waals surface area contributed by atoms with Crippen molar-refractivity contribution < 1.29 is 28.6 Å². The van der Waals surface area contributed by atoms with Gasteiger partial charge < -0.3 is 14.2 Å². The van der Waals surface area contributed by atoms with Crippen LogP contribution in [0.15, 0.2) is 60.8 Å². The van der Waals surface area contributed by atoms with E-state index in [4.69, 9.17) is 14.2 Å². The Bertz CT molecular complexity index is 1180. The molecular weight excluding hydrogens is 805 g/mol. The maximum absolute atomic E-state index is 12.8. The summed E-state index contributed by atoms with van der Waals surface area (Å²) < 4.78 is 16.8. The second-order valence-corrected chi connectivity index (χ2v) is 18.5. The smallest absolute Gasteiger partial charge is 0.306 e. The molecule has 65 heavy (non-hydrogen) atoms. The van der Waals surface area contributed by atoms with E-state index in [9.17, 15) is 14.4 Å². The van der Waals surface area contributed by atoms with Gasteiger partial charge in [0.1, 0.15) is 13.2 Å². The van der Waals surface area contributed by atoms with Gasteiger partial charge in [0.05, 0.1) is 0 Å². The van der Waals surface area contributed by atoms with Crippen LogP contribution in [0.25, 0.3) is 0 Å². The van der Waals surface area contributed by atoms with E-state index in [1.807, 2.05) is 0 Å². The molecule has 1 atom stereocenters. The average molecular weight is 909 g/mol. The molecule has 0 aromatic heterocycles. The van der Waals surface area contributed by atoms with Gasteiger partial charge in [0.2, 0.25) is 0 Å². The minimum absolute atomic E-state index is 0.0774. The number of carbonyl (C=O) groups excluding carboxylic acids is 3. The van der Waals surface area contributed by atoms with E-state index in [1.54, 1.807) is 0 Å². The topological polar surface area (TPSA) is 78.9 Å². The van der Waals surface area contributed by atoms with Crippen molar-refractivity contribution in [2.75, 3.05) is 13.2 Å². The van der Waals surface area contributed by atoms with Crippen molar-refractivity contribution in [1.29, 1.82) is 0 Å². The third kappa shape index (κ3) is 51.9. The zero-order chi connectivity index (χ0) is 47.2. The Hall–Kier alpha value is -2.89. The first kappa shape index (κ1) is 62.1. The normalized spacial score (nSPS) is 12.5. The van der Waals surface area contributed by atoms with E-state index >= 15 is 0 Å². The first-order valence-corrected chi connectivity index (χ1v) is 27.8. The molecule has 6 nitrogen and oxygen atoms in total. The number of hydrogen-bond acceptors (Lipinski definition) is 6. The first-order chi connectivity index (χ1) is 32.0. The summed E-state index contributed by atoms with van der Waals surface area (Å²) in [7, 11) is 0. The molecular formula is C59H104O6. The molecule has 0 amide bonds. The number of esters is 3. The largest absolute Gasteiger partial charge is 0.462 e. The van der Waals surface area contributed by atoms with Crippen molar-refractivity contribution in [3.05, 3.63) is 60.8 Å². The van der Waals surface area contributed by atoms with Gasteiger partial charge >= 0.3 is 17.9 Å². The number of unbranched alkanes of at least 4 members (excludes halogenated alkanes) is 29. The minimum Gasteiger partial charge on any atom is -0.462 e. The Labute approximate surface area is 402 Å². The van der Waals surface area contributed by atoms with E-state index in [0.29, 0.717) is 19.3 Å². The summed E-state index contributed by atoms with van der Waals surface area (Å²) in [6, 6.07) is 0. The number of carbonyl (C=O) groups is 3. The average Bonchev–Trinajstić information content (AvgIpc) is 3.30. The Morgan fingerprint density at radius 3 is 0.969 bits per heavy atom. The van der Waals surface area contributed by atoms with Crippen LogP contribution in [0.3, 0.4) is 0 Å². The number of hydrogen-bond donors (Lipinski definition) is 0. The molecule has 0 aliphatic rings. The van der Waals surface area contributed by atoms with Gasteiger partial charge in [0, 0.05) is 19.3 Å². The van der Waals surface area contributed by atoms with Crippen LogP contribution in [0.5, 0.6) is 0 Å². The third-order valence-corrected chi connectivity index (χ3v) is 12.0. The van der Waals surface area contributed by atoms with Crippen LogP contribution < -0.4 is 0 Å². The molecule has 1 unspecified atom stereocenters. The van der Waals surface area contributed by atoms with E-state index in [1.165, 1.54) is 148 Å². The van der Waals surface area contributed by atoms with Gasteiger partial charge in [-0.25, -0.2) is 0 Å². The van der Waals surface area contributed by atoms with Crippen molar-refractivity contribution in [3.8, 4) is 0 Å². The lowest BCUT2D eigenvalue weighted by molar-refractivity contribution is -0.167. The van der Waals surface area contributed by atoms with E-state index < -0.39 is 6.10 Å². The Kier molecular flexibility index (Phi) is 51.3. The monoisotopic (exact) mass is 909 g/mol. The highest BCUT2D eigenvalue weighted by molar-refractivity contribution is 5.71. The van der Waals surface area contributed by atoms with Crippen molar-refractivity contribution in [2.24, 2.45) is 0 Å². The van der Waals surface area contributed by atoms with Crippen LogP contribution >= 0.6 is 0 Å². The molecule has 0 spiro atoms. The van der Waals surface area contributed by atoms with Gasteiger partial charge in [-0.15, -0.1) is 0 Å². The third-order valence-electron chi connectivity index (χ3n) is 12.0. The maximum Gasteiger partial charge on any atom is 0.306 e. The summed E-state index contributed by atoms with van der Waals surface area (Å²) in [5.74, 6) is -0.883. The predicted octanol–water partition coefficient (Wildman–Crippen LogP) is 18.4. The van der Waals surface area contributed by atoms with Gasteiger partial charge in [-0.05, 0) is 83.5 Å². The quantitative estimate of drug-likeness (QED) is 0.0262.